The highest BCUT2D eigenvalue weighted by Gasteiger charge is 2.24. The van der Waals surface area contributed by atoms with Gasteiger partial charge in [0.2, 0.25) is 0 Å². The third-order valence-electron chi connectivity index (χ3n) is 4.98. The van der Waals surface area contributed by atoms with Crippen molar-refractivity contribution in [2.45, 2.75) is 19.3 Å². The summed E-state index contributed by atoms with van der Waals surface area (Å²) in [5.41, 5.74) is 4.00. The first-order chi connectivity index (χ1) is 15.0. The Kier molecular flexibility index (Phi) is 4.48. The highest BCUT2D eigenvalue weighted by Crippen LogP contribution is 2.29. The number of alkyl halides is 2. The highest BCUT2D eigenvalue weighted by molar-refractivity contribution is 5.85. The average molecular weight is 414 g/mol. The first kappa shape index (κ1) is 18.9. The third kappa shape index (κ3) is 3.64. The molecule has 5 aromatic rings. The van der Waals surface area contributed by atoms with E-state index in [0.29, 0.717) is 34.6 Å². The summed E-state index contributed by atoms with van der Waals surface area (Å²) in [6.07, 6.45) is 3.72. The maximum absolute atomic E-state index is 13.7. The van der Waals surface area contributed by atoms with Gasteiger partial charge in [-0.25, -0.2) is 18.3 Å². The van der Waals surface area contributed by atoms with Gasteiger partial charge in [-0.3, -0.25) is 0 Å². The van der Waals surface area contributed by atoms with Gasteiger partial charge in [-0.2, -0.15) is 5.10 Å². The van der Waals surface area contributed by atoms with Gasteiger partial charge in [-0.1, -0.05) is 35.3 Å². The van der Waals surface area contributed by atoms with Crippen LogP contribution < -0.4 is 0 Å². The molecule has 3 aromatic heterocycles. The Morgan fingerprint density at radius 2 is 1.94 bits per heavy atom. The molecule has 31 heavy (non-hydrogen) atoms. The topological polar surface area (TPSA) is 56.2 Å². The number of rotatable bonds is 3. The van der Waals surface area contributed by atoms with Crippen molar-refractivity contribution in [3.05, 3.63) is 95.1 Å². The van der Waals surface area contributed by atoms with Crippen LogP contribution in [0.4, 0.5) is 8.78 Å². The summed E-state index contributed by atoms with van der Waals surface area (Å²) in [6, 6.07) is 15.6. The van der Waals surface area contributed by atoms with Crippen molar-refractivity contribution in [2.75, 3.05) is 0 Å². The van der Waals surface area contributed by atoms with E-state index in [9.17, 15) is 8.78 Å². The molecule has 0 bridgehead atoms. The second-order valence-electron chi connectivity index (χ2n) is 7.26. The van der Waals surface area contributed by atoms with Crippen molar-refractivity contribution in [2.24, 2.45) is 0 Å². The molecule has 0 amide bonds. The second kappa shape index (κ2) is 7.33. The lowest BCUT2D eigenvalue weighted by molar-refractivity contribution is 0.0174. The molecule has 0 atom stereocenters. The molecule has 0 N–H and O–H groups in total. The minimum Gasteiger partial charge on any atom is -0.355 e. The van der Waals surface area contributed by atoms with Crippen molar-refractivity contribution in [1.82, 2.24) is 19.8 Å². The van der Waals surface area contributed by atoms with E-state index in [1.807, 2.05) is 30.3 Å². The Hall–Kier alpha value is -4.05. The van der Waals surface area contributed by atoms with E-state index in [1.165, 1.54) is 12.1 Å². The molecule has 0 aliphatic heterocycles. The SMILES string of the molecule is CC(F)(F)c1cccc(Cc2noc3c(C#Cc4cnc5cccnn45)cccc23)c1. The Morgan fingerprint density at radius 1 is 1.06 bits per heavy atom. The quantitative estimate of drug-likeness (QED) is 0.391. The molecule has 5 nitrogen and oxygen atoms in total. The van der Waals surface area contributed by atoms with Crippen LogP contribution in [-0.4, -0.2) is 19.8 Å². The molecule has 0 unspecified atom stereocenters. The van der Waals surface area contributed by atoms with Gasteiger partial charge in [0.1, 0.15) is 5.69 Å². The summed E-state index contributed by atoms with van der Waals surface area (Å²) in [6.45, 7) is 0.891. The number of hydrogen-bond acceptors (Lipinski definition) is 4. The Balaban J connectivity index is 1.49. The van der Waals surface area contributed by atoms with Gasteiger partial charge >= 0.3 is 0 Å². The molecule has 0 spiro atoms. The first-order valence-corrected chi connectivity index (χ1v) is 9.64. The van der Waals surface area contributed by atoms with Crippen LogP contribution in [-0.2, 0) is 12.3 Å². The molecule has 0 aliphatic carbocycles. The molecule has 2 aromatic carbocycles. The molecular formula is C24H16F2N4O. The van der Waals surface area contributed by atoms with Crippen molar-refractivity contribution in [3.63, 3.8) is 0 Å². The predicted octanol–water partition coefficient (Wildman–Crippen LogP) is 4.97. The number of imidazole rings is 1. The molecule has 0 aliphatic rings. The van der Waals surface area contributed by atoms with E-state index in [0.717, 1.165) is 17.9 Å². The molecule has 0 saturated heterocycles. The fourth-order valence-corrected chi connectivity index (χ4v) is 3.43. The number of para-hydroxylation sites is 1. The fourth-order valence-electron chi connectivity index (χ4n) is 3.43. The number of fused-ring (bicyclic) bond motifs is 2. The van der Waals surface area contributed by atoms with Crippen LogP contribution >= 0.6 is 0 Å². The van der Waals surface area contributed by atoms with Gasteiger partial charge < -0.3 is 4.52 Å². The zero-order valence-electron chi connectivity index (χ0n) is 16.5. The monoisotopic (exact) mass is 414 g/mol. The van der Waals surface area contributed by atoms with Crippen LogP contribution in [0.25, 0.3) is 16.6 Å². The molecule has 0 fully saturated rings. The molecule has 152 valence electrons. The van der Waals surface area contributed by atoms with Gasteiger partial charge in [0.25, 0.3) is 5.92 Å². The molecule has 0 radical (unpaired) electrons. The minimum absolute atomic E-state index is 0.0222. The minimum atomic E-state index is -2.89. The Bertz CT molecular complexity index is 1470. The van der Waals surface area contributed by atoms with E-state index in [2.05, 4.69) is 27.1 Å². The van der Waals surface area contributed by atoms with Crippen LogP contribution in [0.5, 0.6) is 0 Å². The maximum atomic E-state index is 13.7. The molecule has 0 saturated carbocycles. The van der Waals surface area contributed by atoms with Crippen LogP contribution in [0.15, 0.2) is 71.5 Å². The molecule has 5 rings (SSSR count). The maximum Gasteiger partial charge on any atom is 0.270 e. The van der Waals surface area contributed by atoms with Gasteiger partial charge in [-0.15, -0.1) is 0 Å². The number of halogens is 2. The number of hydrogen-bond donors (Lipinski definition) is 0. The lowest BCUT2D eigenvalue weighted by Gasteiger charge is -2.11. The van der Waals surface area contributed by atoms with Crippen molar-refractivity contribution < 1.29 is 13.3 Å². The van der Waals surface area contributed by atoms with Crippen molar-refractivity contribution >= 4 is 16.6 Å². The van der Waals surface area contributed by atoms with Crippen LogP contribution in [0.1, 0.15) is 35.0 Å². The smallest absolute Gasteiger partial charge is 0.270 e. The number of benzene rings is 2. The first-order valence-electron chi connectivity index (χ1n) is 9.64. The zero-order chi connectivity index (χ0) is 21.4. The van der Waals surface area contributed by atoms with Crippen molar-refractivity contribution in [3.8, 4) is 11.8 Å². The standard InChI is InChI=1S/C24H16F2N4O/c1-24(25,26)18-7-2-5-16(13-18)14-21-20-8-3-6-17(23(20)31-29-21)10-11-19-15-27-22-9-4-12-28-30(19)22/h2-9,12-13,15H,14H2,1H3. The lowest BCUT2D eigenvalue weighted by atomic mass is 10.0. The molecule has 3 heterocycles. The zero-order valence-corrected chi connectivity index (χ0v) is 16.5. The Labute approximate surface area is 176 Å². The second-order valence-corrected chi connectivity index (χ2v) is 7.26. The molecule has 7 heteroatoms. The van der Waals surface area contributed by atoms with E-state index in [1.54, 1.807) is 29.0 Å². The normalized spacial score (nSPS) is 11.6. The summed E-state index contributed by atoms with van der Waals surface area (Å²) in [7, 11) is 0. The van der Waals surface area contributed by atoms with E-state index < -0.39 is 5.92 Å². The van der Waals surface area contributed by atoms with Crippen LogP contribution in [0.2, 0.25) is 0 Å². The van der Waals surface area contributed by atoms with Crippen LogP contribution in [0, 0.1) is 11.8 Å². The summed E-state index contributed by atoms with van der Waals surface area (Å²) in [4.78, 5) is 4.28. The number of aromatic nitrogens is 4. The van der Waals surface area contributed by atoms with Gasteiger partial charge in [0.05, 0.1) is 17.5 Å². The highest BCUT2D eigenvalue weighted by atomic mass is 19.3. The van der Waals surface area contributed by atoms with E-state index in [4.69, 9.17) is 4.52 Å². The summed E-state index contributed by atoms with van der Waals surface area (Å²) in [5.74, 6) is 3.29. The van der Waals surface area contributed by atoms with E-state index in [-0.39, 0.29) is 5.56 Å². The summed E-state index contributed by atoms with van der Waals surface area (Å²) < 4.78 is 34.5. The van der Waals surface area contributed by atoms with Gasteiger partial charge in [-0.05, 0) is 41.8 Å². The lowest BCUT2D eigenvalue weighted by Crippen LogP contribution is -2.07. The van der Waals surface area contributed by atoms with Crippen LogP contribution in [0.3, 0.4) is 0 Å². The largest absolute Gasteiger partial charge is 0.355 e. The average Bonchev–Trinajstić information content (AvgIpc) is 3.36. The Morgan fingerprint density at radius 3 is 2.81 bits per heavy atom. The number of nitrogens with zero attached hydrogens (tertiary/aromatic N) is 4. The molecular weight excluding hydrogens is 398 g/mol. The summed E-state index contributed by atoms with van der Waals surface area (Å²) >= 11 is 0. The van der Waals surface area contributed by atoms with Crippen molar-refractivity contribution in [1.29, 1.82) is 0 Å². The summed E-state index contributed by atoms with van der Waals surface area (Å²) in [5, 5.41) is 9.23. The van der Waals surface area contributed by atoms with E-state index >= 15 is 0 Å². The van der Waals surface area contributed by atoms with Gasteiger partial charge in [0, 0.05) is 30.5 Å². The van der Waals surface area contributed by atoms with Gasteiger partial charge in [0.15, 0.2) is 11.2 Å². The third-order valence-corrected chi connectivity index (χ3v) is 4.98. The fraction of sp³-hybridized carbons (Fsp3) is 0.125. The predicted molar refractivity (Wildman–Crippen MR) is 112 cm³/mol.